The van der Waals surface area contributed by atoms with E-state index >= 15 is 0 Å². The number of nitrogens with zero attached hydrogens (tertiary/aromatic N) is 3. The second-order valence-electron chi connectivity index (χ2n) is 7.64. The molecule has 0 aliphatic heterocycles. The van der Waals surface area contributed by atoms with Crippen LogP contribution in [0.1, 0.15) is 36.1 Å². The van der Waals surface area contributed by atoms with Crippen molar-refractivity contribution >= 4 is 40.9 Å². The monoisotopic (exact) mass is 483 g/mol. The zero-order chi connectivity index (χ0) is 23.8. The van der Waals surface area contributed by atoms with Crippen molar-refractivity contribution < 1.29 is 9.59 Å². The second kappa shape index (κ2) is 11.7. The predicted molar refractivity (Wildman–Crippen MR) is 133 cm³/mol. The average Bonchev–Trinajstić information content (AvgIpc) is 3.20. The van der Waals surface area contributed by atoms with Crippen molar-refractivity contribution in [1.82, 2.24) is 20.1 Å². The van der Waals surface area contributed by atoms with Gasteiger partial charge in [-0.3, -0.25) is 9.59 Å². The Labute approximate surface area is 202 Å². The fourth-order valence-electron chi connectivity index (χ4n) is 3.14. The summed E-state index contributed by atoms with van der Waals surface area (Å²) in [4.78, 5) is 25.2. The van der Waals surface area contributed by atoms with E-state index in [1.54, 1.807) is 42.5 Å². The second-order valence-corrected chi connectivity index (χ2v) is 9.02. The molecule has 0 saturated carbocycles. The number of aromatic nitrogens is 3. The molecule has 7 nitrogen and oxygen atoms in total. The van der Waals surface area contributed by atoms with Crippen LogP contribution in [0.5, 0.6) is 0 Å². The number of benzene rings is 2. The Kier molecular flexibility index (Phi) is 8.68. The lowest BCUT2D eigenvalue weighted by Crippen LogP contribution is -2.33. The Balaban J connectivity index is 1.73. The molecule has 0 spiro atoms. The molecule has 2 amide bonds. The first-order chi connectivity index (χ1) is 15.9. The standard InChI is InChI=1S/C24H26ClN5O2S/c1-4-14-30-22(21(16(2)3)27-23(32)17-8-6-5-7-9-17)28-29-24(30)33-15-20(31)26-19-12-10-18(25)11-13-19/h4-13,16,21H,1,14-15H2,2-3H3,(H,26,31)(H,27,32)/t21-/m0/s1. The molecular formula is C24H26ClN5O2S. The molecule has 1 atom stereocenters. The summed E-state index contributed by atoms with van der Waals surface area (Å²) in [6, 6.07) is 15.6. The SMILES string of the molecule is C=CCn1c(SCC(=O)Nc2ccc(Cl)cc2)nnc1[C@@H](NC(=O)c1ccccc1)C(C)C. The quantitative estimate of drug-likeness (QED) is 0.314. The number of carbonyl (C=O) groups is 2. The smallest absolute Gasteiger partial charge is 0.251 e. The van der Waals surface area contributed by atoms with Gasteiger partial charge in [0.2, 0.25) is 5.91 Å². The normalized spacial score (nSPS) is 11.8. The average molecular weight is 484 g/mol. The number of thioether (sulfide) groups is 1. The van der Waals surface area contributed by atoms with Gasteiger partial charge in [0.15, 0.2) is 11.0 Å². The first kappa shape index (κ1) is 24.5. The van der Waals surface area contributed by atoms with Crippen LogP contribution in [0.4, 0.5) is 5.69 Å². The summed E-state index contributed by atoms with van der Waals surface area (Å²) in [6.45, 7) is 8.30. The highest BCUT2D eigenvalue weighted by atomic mass is 35.5. The van der Waals surface area contributed by atoms with Gasteiger partial charge in [0.1, 0.15) is 0 Å². The minimum Gasteiger partial charge on any atom is -0.342 e. The number of rotatable bonds is 10. The van der Waals surface area contributed by atoms with Crippen LogP contribution in [0, 0.1) is 5.92 Å². The zero-order valence-corrected chi connectivity index (χ0v) is 20.1. The maximum atomic E-state index is 12.8. The molecule has 0 unspecified atom stereocenters. The third-order valence-corrected chi connectivity index (χ3v) is 6.00. The molecule has 2 aromatic carbocycles. The largest absolute Gasteiger partial charge is 0.342 e. The third kappa shape index (κ3) is 6.69. The van der Waals surface area contributed by atoms with E-state index in [4.69, 9.17) is 11.6 Å². The summed E-state index contributed by atoms with van der Waals surface area (Å²) in [7, 11) is 0. The highest BCUT2D eigenvalue weighted by molar-refractivity contribution is 7.99. The van der Waals surface area contributed by atoms with Gasteiger partial charge >= 0.3 is 0 Å². The summed E-state index contributed by atoms with van der Waals surface area (Å²) in [5.74, 6) is 0.487. The van der Waals surface area contributed by atoms with Crippen molar-refractivity contribution in [1.29, 1.82) is 0 Å². The molecule has 0 radical (unpaired) electrons. The molecule has 0 bridgehead atoms. The summed E-state index contributed by atoms with van der Waals surface area (Å²) in [5, 5.41) is 15.7. The number of hydrogen-bond acceptors (Lipinski definition) is 5. The molecule has 1 heterocycles. The Bertz CT molecular complexity index is 1100. The molecular weight excluding hydrogens is 458 g/mol. The first-order valence-corrected chi connectivity index (χ1v) is 11.8. The van der Waals surface area contributed by atoms with E-state index in [0.717, 1.165) is 0 Å². The maximum absolute atomic E-state index is 12.8. The van der Waals surface area contributed by atoms with E-state index in [2.05, 4.69) is 27.4 Å². The molecule has 0 aliphatic carbocycles. The molecule has 9 heteroatoms. The van der Waals surface area contributed by atoms with Gasteiger partial charge in [-0.1, -0.05) is 61.5 Å². The minimum atomic E-state index is -0.359. The fourth-order valence-corrected chi connectivity index (χ4v) is 4.02. The van der Waals surface area contributed by atoms with Crippen LogP contribution in [0.15, 0.2) is 72.4 Å². The van der Waals surface area contributed by atoms with Crippen LogP contribution in [-0.2, 0) is 11.3 Å². The number of amides is 2. The van der Waals surface area contributed by atoms with Crippen molar-refractivity contribution in [2.24, 2.45) is 5.92 Å². The van der Waals surface area contributed by atoms with E-state index in [-0.39, 0.29) is 29.5 Å². The van der Waals surface area contributed by atoms with E-state index < -0.39 is 0 Å². The van der Waals surface area contributed by atoms with Crippen molar-refractivity contribution in [2.75, 3.05) is 11.1 Å². The molecule has 2 N–H and O–H groups in total. The van der Waals surface area contributed by atoms with E-state index in [1.807, 2.05) is 36.6 Å². The van der Waals surface area contributed by atoms with Crippen LogP contribution in [-0.4, -0.2) is 32.3 Å². The van der Waals surface area contributed by atoms with E-state index in [1.165, 1.54) is 11.8 Å². The summed E-state index contributed by atoms with van der Waals surface area (Å²) < 4.78 is 1.88. The topological polar surface area (TPSA) is 88.9 Å². The van der Waals surface area contributed by atoms with Crippen molar-refractivity contribution in [2.45, 2.75) is 31.6 Å². The van der Waals surface area contributed by atoms with Gasteiger partial charge in [-0.15, -0.1) is 16.8 Å². The van der Waals surface area contributed by atoms with Crippen LogP contribution in [0.3, 0.4) is 0 Å². The van der Waals surface area contributed by atoms with E-state index in [0.29, 0.717) is 33.8 Å². The van der Waals surface area contributed by atoms with Gasteiger partial charge < -0.3 is 15.2 Å². The van der Waals surface area contributed by atoms with Gasteiger partial charge in [0, 0.05) is 22.8 Å². The molecule has 1 aromatic heterocycles. The Morgan fingerprint density at radius 1 is 1.12 bits per heavy atom. The van der Waals surface area contributed by atoms with Crippen LogP contribution in [0.25, 0.3) is 0 Å². The van der Waals surface area contributed by atoms with Gasteiger partial charge in [0.25, 0.3) is 5.91 Å². The lowest BCUT2D eigenvalue weighted by Gasteiger charge is -2.22. The number of carbonyl (C=O) groups excluding carboxylic acids is 2. The molecule has 3 aromatic rings. The lowest BCUT2D eigenvalue weighted by molar-refractivity contribution is -0.113. The highest BCUT2D eigenvalue weighted by Crippen LogP contribution is 2.26. The van der Waals surface area contributed by atoms with Crippen molar-refractivity contribution in [3.8, 4) is 0 Å². The molecule has 3 rings (SSSR count). The summed E-state index contributed by atoms with van der Waals surface area (Å²) >= 11 is 7.16. The van der Waals surface area contributed by atoms with Crippen LogP contribution in [0.2, 0.25) is 5.02 Å². The van der Waals surface area contributed by atoms with Crippen LogP contribution < -0.4 is 10.6 Å². The Morgan fingerprint density at radius 2 is 1.82 bits per heavy atom. The van der Waals surface area contributed by atoms with Gasteiger partial charge in [0.05, 0.1) is 11.8 Å². The highest BCUT2D eigenvalue weighted by Gasteiger charge is 2.26. The molecule has 172 valence electrons. The van der Waals surface area contributed by atoms with E-state index in [9.17, 15) is 9.59 Å². The first-order valence-electron chi connectivity index (χ1n) is 10.5. The predicted octanol–water partition coefficient (Wildman–Crippen LogP) is 4.98. The molecule has 0 aliphatic rings. The number of anilines is 1. The maximum Gasteiger partial charge on any atom is 0.251 e. The lowest BCUT2D eigenvalue weighted by atomic mass is 10.0. The summed E-state index contributed by atoms with van der Waals surface area (Å²) in [5.41, 5.74) is 1.24. The zero-order valence-electron chi connectivity index (χ0n) is 18.5. The molecule has 0 saturated heterocycles. The fraction of sp³-hybridized carbons (Fsp3) is 0.250. The van der Waals surface area contributed by atoms with Crippen molar-refractivity contribution in [3.05, 3.63) is 83.7 Å². The van der Waals surface area contributed by atoms with Gasteiger partial charge in [-0.2, -0.15) is 0 Å². The summed E-state index contributed by atoms with van der Waals surface area (Å²) in [6.07, 6.45) is 1.74. The number of nitrogens with one attached hydrogen (secondary N) is 2. The molecule has 0 fully saturated rings. The Morgan fingerprint density at radius 3 is 2.45 bits per heavy atom. The molecule has 33 heavy (non-hydrogen) atoms. The van der Waals surface area contributed by atoms with Gasteiger partial charge in [-0.25, -0.2) is 0 Å². The Hall–Kier alpha value is -3.10. The minimum absolute atomic E-state index is 0.0662. The van der Waals surface area contributed by atoms with Crippen LogP contribution >= 0.6 is 23.4 Å². The number of halogens is 1. The number of allylic oxidation sites excluding steroid dienone is 1. The third-order valence-electron chi connectivity index (χ3n) is 4.78. The van der Waals surface area contributed by atoms with Crippen molar-refractivity contribution in [3.63, 3.8) is 0 Å². The number of hydrogen-bond donors (Lipinski definition) is 2. The van der Waals surface area contributed by atoms with Gasteiger partial charge in [-0.05, 0) is 42.3 Å².